The maximum absolute atomic E-state index is 13.2. The zero-order valence-electron chi connectivity index (χ0n) is 14.7. The number of nitrogens with zero attached hydrogens (tertiary/aromatic N) is 3. The highest BCUT2D eigenvalue weighted by Gasteiger charge is 2.26. The van der Waals surface area contributed by atoms with Gasteiger partial charge in [-0.2, -0.15) is 0 Å². The van der Waals surface area contributed by atoms with Gasteiger partial charge in [0, 0.05) is 19.6 Å². The van der Waals surface area contributed by atoms with Crippen LogP contribution in [0.1, 0.15) is 39.9 Å². The summed E-state index contributed by atoms with van der Waals surface area (Å²) in [6, 6.07) is 0.0973. The summed E-state index contributed by atoms with van der Waals surface area (Å²) < 4.78 is 6.96. The van der Waals surface area contributed by atoms with E-state index in [2.05, 4.69) is 16.9 Å². The number of piperidine rings is 1. The van der Waals surface area contributed by atoms with Crippen LogP contribution in [-0.4, -0.2) is 59.4 Å². The van der Waals surface area contributed by atoms with Crippen molar-refractivity contribution in [2.75, 3.05) is 33.9 Å². The van der Waals surface area contributed by atoms with E-state index >= 15 is 0 Å². The molecule has 0 aliphatic carbocycles. The van der Waals surface area contributed by atoms with Crippen LogP contribution >= 0.6 is 11.3 Å². The topological polar surface area (TPSA) is 84.7 Å². The molecule has 1 fully saturated rings. The summed E-state index contributed by atoms with van der Waals surface area (Å²) in [6.45, 7) is 4.03. The molecule has 0 spiro atoms. The summed E-state index contributed by atoms with van der Waals surface area (Å²) in [5.41, 5.74) is 0.400. The number of thiophene rings is 1. The lowest BCUT2D eigenvalue weighted by Crippen LogP contribution is -2.37. The third kappa shape index (κ3) is 3.33. The summed E-state index contributed by atoms with van der Waals surface area (Å²) in [4.78, 5) is 32.3. The van der Waals surface area contributed by atoms with Gasteiger partial charge < -0.3 is 14.7 Å². The first-order valence-electron chi connectivity index (χ1n) is 8.39. The third-order valence-electron chi connectivity index (χ3n) is 4.85. The first-order valence-corrected chi connectivity index (χ1v) is 9.21. The molecule has 0 bridgehead atoms. The summed E-state index contributed by atoms with van der Waals surface area (Å²) >= 11 is 1.08. The van der Waals surface area contributed by atoms with E-state index in [-0.39, 0.29) is 16.5 Å². The van der Waals surface area contributed by atoms with Crippen molar-refractivity contribution in [3.63, 3.8) is 0 Å². The van der Waals surface area contributed by atoms with Crippen molar-refractivity contribution in [1.29, 1.82) is 0 Å². The number of carboxylic acid groups (broad SMARTS) is 1. The number of aromatic carboxylic acids is 1. The standard InChI is InChI=1S/C17H23N3O4S/c1-10-13-15(25-14(10)17(22)23)18-12(6-9-24-3)20(16(13)21)11-4-7-19(2)8-5-11/h11H,4-9H2,1-3H3,(H,22,23). The number of likely N-dealkylation sites (tertiary alicyclic amines) is 1. The number of aryl methyl sites for hydroxylation is 1. The van der Waals surface area contributed by atoms with Crippen molar-refractivity contribution in [2.45, 2.75) is 32.2 Å². The van der Waals surface area contributed by atoms with E-state index in [1.165, 1.54) is 0 Å². The number of ether oxygens (including phenoxy) is 1. The van der Waals surface area contributed by atoms with Gasteiger partial charge in [0.15, 0.2) is 0 Å². The summed E-state index contributed by atoms with van der Waals surface area (Å²) in [5.74, 6) is -0.323. The number of fused-ring (bicyclic) bond motifs is 1. The minimum Gasteiger partial charge on any atom is -0.477 e. The van der Waals surface area contributed by atoms with Crippen LogP contribution in [0.15, 0.2) is 4.79 Å². The van der Waals surface area contributed by atoms with Crippen molar-refractivity contribution in [3.8, 4) is 0 Å². The second kappa shape index (κ2) is 7.23. The maximum atomic E-state index is 13.2. The first-order chi connectivity index (χ1) is 11.9. The predicted molar refractivity (Wildman–Crippen MR) is 96.9 cm³/mol. The lowest BCUT2D eigenvalue weighted by molar-refractivity contribution is 0.0701. The number of hydrogen-bond acceptors (Lipinski definition) is 6. The molecule has 1 aliphatic rings. The van der Waals surface area contributed by atoms with Crippen molar-refractivity contribution < 1.29 is 14.6 Å². The van der Waals surface area contributed by atoms with E-state index in [4.69, 9.17) is 4.74 Å². The Morgan fingerprint density at radius 3 is 2.68 bits per heavy atom. The monoisotopic (exact) mass is 365 g/mol. The van der Waals surface area contributed by atoms with Gasteiger partial charge in [0.25, 0.3) is 5.56 Å². The van der Waals surface area contributed by atoms with Crippen molar-refractivity contribution in [3.05, 3.63) is 26.6 Å². The van der Waals surface area contributed by atoms with Gasteiger partial charge in [0.1, 0.15) is 15.5 Å². The molecule has 136 valence electrons. The quantitative estimate of drug-likeness (QED) is 0.871. The van der Waals surface area contributed by atoms with Gasteiger partial charge in [0.05, 0.1) is 12.0 Å². The molecule has 0 saturated carbocycles. The normalized spacial score (nSPS) is 16.6. The molecule has 8 heteroatoms. The largest absolute Gasteiger partial charge is 0.477 e. The number of hydrogen-bond donors (Lipinski definition) is 1. The maximum Gasteiger partial charge on any atom is 0.346 e. The van der Waals surface area contributed by atoms with Gasteiger partial charge in [-0.05, 0) is 45.5 Å². The molecular formula is C17H23N3O4S. The van der Waals surface area contributed by atoms with Crippen molar-refractivity contribution in [2.24, 2.45) is 0 Å². The van der Waals surface area contributed by atoms with Crippen LogP contribution in [0, 0.1) is 6.92 Å². The van der Waals surface area contributed by atoms with Gasteiger partial charge in [0.2, 0.25) is 0 Å². The minimum absolute atomic E-state index is 0.0973. The Labute approximate surface area is 149 Å². The zero-order valence-corrected chi connectivity index (χ0v) is 15.6. The highest BCUT2D eigenvalue weighted by molar-refractivity contribution is 7.20. The average Bonchev–Trinajstić information content (AvgIpc) is 2.91. The summed E-state index contributed by atoms with van der Waals surface area (Å²) in [6.07, 6.45) is 2.31. The lowest BCUT2D eigenvalue weighted by Gasteiger charge is -2.31. The Bertz CT molecular complexity index is 850. The van der Waals surface area contributed by atoms with Crippen LogP contribution < -0.4 is 5.56 Å². The molecule has 0 unspecified atom stereocenters. The molecule has 25 heavy (non-hydrogen) atoms. The number of aromatic nitrogens is 2. The van der Waals surface area contributed by atoms with E-state index < -0.39 is 5.97 Å². The average molecular weight is 365 g/mol. The number of rotatable bonds is 5. The smallest absolute Gasteiger partial charge is 0.346 e. The van der Waals surface area contributed by atoms with Crippen LogP contribution in [0.4, 0.5) is 0 Å². The predicted octanol–water partition coefficient (Wildman–Crippen LogP) is 1.92. The third-order valence-corrected chi connectivity index (χ3v) is 6.02. The molecule has 3 heterocycles. The molecule has 0 amide bonds. The van der Waals surface area contributed by atoms with Crippen molar-refractivity contribution in [1.82, 2.24) is 14.5 Å². The Kier molecular flexibility index (Phi) is 5.21. The van der Waals surface area contributed by atoms with Gasteiger partial charge in [-0.1, -0.05) is 0 Å². The number of carboxylic acids is 1. The molecule has 7 nitrogen and oxygen atoms in total. The molecule has 0 aromatic carbocycles. The van der Waals surface area contributed by atoms with Gasteiger partial charge in [-0.15, -0.1) is 11.3 Å². The Hall–Kier alpha value is -1.77. The summed E-state index contributed by atoms with van der Waals surface area (Å²) in [7, 11) is 3.70. The van der Waals surface area contributed by atoms with Crippen LogP contribution in [0.25, 0.3) is 10.2 Å². The summed E-state index contributed by atoms with van der Waals surface area (Å²) in [5, 5.41) is 9.81. The van der Waals surface area contributed by atoms with Gasteiger partial charge in [-0.3, -0.25) is 9.36 Å². The molecule has 2 aromatic heterocycles. The molecule has 0 radical (unpaired) electrons. The van der Waals surface area contributed by atoms with E-state index in [0.717, 1.165) is 37.3 Å². The highest BCUT2D eigenvalue weighted by Crippen LogP contribution is 2.29. The van der Waals surface area contributed by atoms with Crippen LogP contribution in [0.5, 0.6) is 0 Å². The minimum atomic E-state index is -1.01. The Balaban J connectivity index is 2.17. The Morgan fingerprint density at radius 2 is 2.08 bits per heavy atom. The van der Waals surface area contributed by atoms with Gasteiger partial charge in [-0.25, -0.2) is 9.78 Å². The fraction of sp³-hybridized carbons (Fsp3) is 0.588. The SMILES string of the molecule is COCCc1nc2sc(C(=O)O)c(C)c2c(=O)n1C1CCN(C)CC1. The van der Waals surface area contributed by atoms with Gasteiger partial charge >= 0.3 is 5.97 Å². The fourth-order valence-electron chi connectivity index (χ4n) is 3.44. The van der Waals surface area contributed by atoms with Crippen LogP contribution in [0.3, 0.4) is 0 Å². The van der Waals surface area contributed by atoms with E-state index in [9.17, 15) is 14.7 Å². The second-order valence-corrected chi connectivity index (χ2v) is 7.52. The fourth-order valence-corrected chi connectivity index (χ4v) is 4.47. The van der Waals surface area contributed by atoms with E-state index in [1.54, 1.807) is 18.6 Å². The molecule has 3 rings (SSSR count). The zero-order chi connectivity index (χ0) is 18.1. The molecule has 1 N–H and O–H groups in total. The van der Waals surface area contributed by atoms with E-state index in [0.29, 0.717) is 34.6 Å². The molecule has 1 aliphatic heterocycles. The van der Waals surface area contributed by atoms with Crippen LogP contribution in [-0.2, 0) is 11.2 Å². The number of methoxy groups -OCH3 is 1. The number of carbonyl (C=O) groups is 1. The van der Waals surface area contributed by atoms with E-state index in [1.807, 2.05) is 0 Å². The molecule has 2 aromatic rings. The second-order valence-electron chi connectivity index (χ2n) is 6.52. The molecule has 1 saturated heterocycles. The van der Waals surface area contributed by atoms with Crippen LogP contribution in [0.2, 0.25) is 0 Å². The van der Waals surface area contributed by atoms with Crippen molar-refractivity contribution >= 4 is 27.5 Å². The Morgan fingerprint density at radius 1 is 1.40 bits per heavy atom. The molecule has 0 atom stereocenters. The molecular weight excluding hydrogens is 342 g/mol. The first kappa shape index (κ1) is 18.0. The lowest BCUT2D eigenvalue weighted by atomic mass is 10.0. The highest BCUT2D eigenvalue weighted by atomic mass is 32.1.